The van der Waals surface area contributed by atoms with Crippen molar-refractivity contribution in [3.63, 3.8) is 0 Å². The van der Waals surface area contributed by atoms with Crippen LogP contribution < -0.4 is 5.32 Å². The zero-order valence-corrected chi connectivity index (χ0v) is 11.4. The summed E-state index contributed by atoms with van der Waals surface area (Å²) < 4.78 is 0.763. The maximum Gasteiger partial charge on any atom is 0.255 e. The number of rotatable bonds is 2. The van der Waals surface area contributed by atoms with Gasteiger partial charge in [0.25, 0.3) is 5.91 Å². The quantitative estimate of drug-likeness (QED) is 0.880. The fourth-order valence-electron chi connectivity index (χ4n) is 2.32. The molecule has 1 saturated carbocycles. The maximum absolute atomic E-state index is 12.1. The highest BCUT2D eigenvalue weighted by Crippen LogP contribution is 2.30. The van der Waals surface area contributed by atoms with E-state index in [2.05, 4.69) is 28.2 Å². The number of nitrogens with one attached hydrogen (secondary N) is 1. The second-order valence-corrected chi connectivity index (χ2v) is 5.80. The van der Waals surface area contributed by atoms with E-state index in [9.17, 15) is 9.90 Å². The predicted molar refractivity (Wildman–Crippen MR) is 70.1 cm³/mol. The van der Waals surface area contributed by atoms with Gasteiger partial charge in [0.15, 0.2) is 0 Å². The molecule has 4 heteroatoms. The lowest BCUT2D eigenvalue weighted by Gasteiger charge is -2.25. The zero-order chi connectivity index (χ0) is 12.5. The Hall–Kier alpha value is -1.03. The van der Waals surface area contributed by atoms with Gasteiger partial charge in [0, 0.05) is 10.0 Å². The van der Waals surface area contributed by atoms with Crippen LogP contribution >= 0.6 is 15.9 Å². The molecule has 0 spiro atoms. The third-order valence-corrected chi connectivity index (χ3v) is 3.82. The van der Waals surface area contributed by atoms with Gasteiger partial charge >= 0.3 is 0 Å². The van der Waals surface area contributed by atoms with E-state index in [1.54, 1.807) is 12.1 Å². The Morgan fingerprint density at radius 1 is 1.41 bits per heavy atom. The number of halogens is 1. The van der Waals surface area contributed by atoms with Crippen molar-refractivity contribution >= 4 is 21.8 Å². The molecule has 3 nitrogen and oxygen atoms in total. The molecule has 1 aromatic carbocycles. The van der Waals surface area contributed by atoms with Crippen LogP contribution in [0.15, 0.2) is 22.7 Å². The van der Waals surface area contributed by atoms with Gasteiger partial charge in [-0.3, -0.25) is 4.79 Å². The number of carbonyl (C=O) groups excluding carboxylic acids is 1. The van der Waals surface area contributed by atoms with Crippen molar-refractivity contribution < 1.29 is 9.90 Å². The number of phenolic OH excluding ortho intramolecular Hbond substituents is 1. The standard InChI is InChI=1S/C13H16BrNO2/c1-13(6-2-3-7-13)15-12(17)10-5-4-9(14)8-11(10)16/h4-5,8,16H,2-3,6-7H2,1H3,(H,15,17). The molecule has 1 aromatic rings. The maximum atomic E-state index is 12.1. The van der Waals surface area contributed by atoms with E-state index in [1.165, 1.54) is 6.07 Å². The molecule has 0 atom stereocenters. The molecular weight excluding hydrogens is 282 g/mol. The molecular formula is C13H16BrNO2. The summed E-state index contributed by atoms with van der Waals surface area (Å²) in [6.07, 6.45) is 4.33. The van der Waals surface area contributed by atoms with Crippen molar-refractivity contribution in [2.24, 2.45) is 0 Å². The highest BCUT2D eigenvalue weighted by molar-refractivity contribution is 9.10. The Bertz CT molecular complexity index is 439. The highest BCUT2D eigenvalue weighted by Gasteiger charge is 2.30. The van der Waals surface area contributed by atoms with Crippen LogP contribution in [0.1, 0.15) is 43.0 Å². The fourth-order valence-corrected chi connectivity index (χ4v) is 2.67. The first-order chi connectivity index (χ1) is 8.00. The summed E-state index contributed by atoms with van der Waals surface area (Å²) in [7, 11) is 0. The predicted octanol–water partition coefficient (Wildman–Crippen LogP) is 3.22. The highest BCUT2D eigenvalue weighted by atomic mass is 79.9. The normalized spacial score (nSPS) is 18.0. The fraction of sp³-hybridized carbons (Fsp3) is 0.462. The van der Waals surface area contributed by atoms with E-state index in [1.807, 2.05) is 0 Å². The SMILES string of the molecule is CC1(NC(=O)c2ccc(Br)cc2O)CCCC1. The Morgan fingerprint density at radius 3 is 2.65 bits per heavy atom. The summed E-state index contributed by atoms with van der Waals surface area (Å²) in [4.78, 5) is 12.1. The van der Waals surface area contributed by atoms with Crippen molar-refractivity contribution in [1.82, 2.24) is 5.32 Å². The van der Waals surface area contributed by atoms with Crippen molar-refractivity contribution in [1.29, 1.82) is 0 Å². The monoisotopic (exact) mass is 297 g/mol. The summed E-state index contributed by atoms with van der Waals surface area (Å²) in [5.74, 6) is -0.183. The number of amides is 1. The van der Waals surface area contributed by atoms with Crippen LogP contribution in [0, 0.1) is 0 Å². The molecule has 1 amide bonds. The molecule has 2 N–H and O–H groups in total. The molecule has 0 saturated heterocycles. The summed E-state index contributed by atoms with van der Waals surface area (Å²) in [6, 6.07) is 4.92. The number of carbonyl (C=O) groups is 1. The average Bonchev–Trinajstić information content (AvgIpc) is 2.64. The minimum atomic E-state index is -0.195. The largest absolute Gasteiger partial charge is 0.507 e. The Balaban J connectivity index is 2.14. The minimum Gasteiger partial charge on any atom is -0.507 e. The number of hydrogen-bond acceptors (Lipinski definition) is 2. The Kier molecular flexibility index (Phi) is 3.43. The van der Waals surface area contributed by atoms with Crippen LogP contribution in [0.5, 0.6) is 5.75 Å². The molecule has 0 aromatic heterocycles. The topological polar surface area (TPSA) is 49.3 Å². The van der Waals surface area contributed by atoms with Crippen LogP contribution in [0.3, 0.4) is 0 Å². The van der Waals surface area contributed by atoms with E-state index < -0.39 is 0 Å². The summed E-state index contributed by atoms with van der Waals surface area (Å²) in [5.41, 5.74) is 0.220. The number of aromatic hydroxyl groups is 1. The van der Waals surface area contributed by atoms with Gasteiger partial charge in [0.05, 0.1) is 5.56 Å². The molecule has 0 aliphatic heterocycles. The van der Waals surface area contributed by atoms with Gasteiger partial charge in [0.2, 0.25) is 0 Å². The molecule has 92 valence electrons. The smallest absolute Gasteiger partial charge is 0.255 e. The van der Waals surface area contributed by atoms with Gasteiger partial charge in [-0.2, -0.15) is 0 Å². The molecule has 0 bridgehead atoms. The lowest BCUT2D eigenvalue weighted by molar-refractivity contribution is 0.0905. The summed E-state index contributed by atoms with van der Waals surface area (Å²) in [5, 5.41) is 12.7. The van der Waals surface area contributed by atoms with Crippen LogP contribution in [0.4, 0.5) is 0 Å². The van der Waals surface area contributed by atoms with Crippen LogP contribution in [-0.4, -0.2) is 16.6 Å². The summed E-state index contributed by atoms with van der Waals surface area (Å²) in [6.45, 7) is 2.06. The van der Waals surface area contributed by atoms with Crippen LogP contribution in [-0.2, 0) is 0 Å². The molecule has 1 aliphatic carbocycles. The van der Waals surface area contributed by atoms with Crippen molar-refractivity contribution in [2.45, 2.75) is 38.1 Å². The second kappa shape index (κ2) is 4.69. The Labute approximate surface area is 109 Å². The molecule has 1 aliphatic rings. The molecule has 2 rings (SSSR count). The molecule has 0 unspecified atom stereocenters. The summed E-state index contributed by atoms with van der Waals surface area (Å²) >= 11 is 3.25. The van der Waals surface area contributed by atoms with Gasteiger partial charge in [0.1, 0.15) is 5.75 Å². The van der Waals surface area contributed by atoms with Gasteiger partial charge < -0.3 is 10.4 Å². The molecule has 17 heavy (non-hydrogen) atoms. The van der Waals surface area contributed by atoms with Crippen molar-refractivity contribution in [3.05, 3.63) is 28.2 Å². The van der Waals surface area contributed by atoms with Gasteiger partial charge in [-0.15, -0.1) is 0 Å². The van der Waals surface area contributed by atoms with Gasteiger partial charge in [-0.1, -0.05) is 28.8 Å². The number of phenols is 1. The first-order valence-electron chi connectivity index (χ1n) is 5.81. The second-order valence-electron chi connectivity index (χ2n) is 4.88. The van der Waals surface area contributed by atoms with E-state index in [0.717, 1.165) is 30.2 Å². The first-order valence-corrected chi connectivity index (χ1v) is 6.60. The number of benzene rings is 1. The van der Waals surface area contributed by atoms with E-state index >= 15 is 0 Å². The van der Waals surface area contributed by atoms with Gasteiger partial charge in [-0.05, 0) is 38.0 Å². The Morgan fingerprint density at radius 2 is 2.06 bits per heavy atom. The molecule has 0 heterocycles. The van der Waals surface area contributed by atoms with Crippen LogP contribution in [0.2, 0.25) is 0 Å². The molecule has 1 fully saturated rings. The van der Waals surface area contributed by atoms with E-state index in [-0.39, 0.29) is 17.2 Å². The lowest BCUT2D eigenvalue weighted by atomic mass is 10.00. The van der Waals surface area contributed by atoms with Crippen molar-refractivity contribution in [2.75, 3.05) is 0 Å². The van der Waals surface area contributed by atoms with E-state index in [0.29, 0.717) is 5.56 Å². The first kappa shape index (κ1) is 12.4. The zero-order valence-electron chi connectivity index (χ0n) is 9.79. The van der Waals surface area contributed by atoms with Gasteiger partial charge in [-0.25, -0.2) is 0 Å². The van der Waals surface area contributed by atoms with E-state index in [4.69, 9.17) is 0 Å². The van der Waals surface area contributed by atoms with Crippen LogP contribution in [0.25, 0.3) is 0 Å². The average molecular weight is 298 g/mol. The third kappa shape index (κ3) is 2.80. The molecule has 0 radical (unpaired) electrons. The van der Waals surface area contributed by atoms with Crippen molar-refractivity contribution in [3.8, 4) is 5.75 Å². The lowest BCUT2D eigenvalue weighted by Crippen LogP contribution is -2.43. The number of hydrogen-bond donors (Lipinski definition) is 2. The third-order valence-electron chi connectivity index (χ3n) is 3.33. The minimum absolute atomic E-state index is 0.0125.